The molecule has 0 atom stereocenters. The van der Waals surface area contributed by atoms with Gasteiger partial charge in [-0.15, -0.1) is 10.2 Å². The van der Waals surface area contributed by atoms with E-state index in [0.717, 1.165) is 0 Å². The van der Waals surface area contributed by atoms with E-state index in [1.807, 2.05) is 4.72 Å². The molecule has 0 aliphatic carbocycles. The number of sulfonamides is 1. The van der Waals surface area contributed by atoms with E-state index in [2.05, 4.69) is 15.2 Å². The first kappa shape index (κ1) is 16.9. The van der Waals surface area contributed by atoms with Crippen molar-refractivity contribution >= 4 is 15.9 Å². The molecule has 0 radical (unpaired) electrons. The van der Waals surface area contributed by atoms with Crippen LogP contribution in [0.5, 0.6) is 5.88 Å². The number of ether oxygens (including phenoxy) is 1. The Kier molecular flexibility index (Phi) is 5.27. The Morgan fingerprint density at radius 3 is 2.87 bits per heavy atom. The van der Waals surface area contributed by atoms with Crippen molar-refractivity contribution in [1.29, 1.82) is 0 Å². The minimum atomic E-state index is -4.04. The summed E-state index contributed by atoms with van der Waals surface area (Å²) in [5.74, 6) is -0.0863. The predicted octanol–water partition coefficient (Wildman–Crippen LogP) is 0.0465. The third-order valence-corrected chi connectivity index (χ3v) is 4.32. The van der Waals surface area contributed by atoms with E-state index in [0.29, 0.717) is 5.82 Å². The molecular weight excluding hydrogens is 322 g/mol. The molecule has 0 spiro atoms. The Morgan fingerprint density at radius 2 is 2.22 bits per heavy atom. The molecule has 0 aliphatic heterocycles. The van der Waals surface area contributed by atoms with Crippen molar-refractivity contribution in [2.24, 2.45) is 7.05 Å². The van der Waals surface area contributed by atoms with Gasteiger partial charge in [-0.05, 0) is 19.1 Å². The highest BCUT2D eigenvalue weighted by atomic mass is 32.2. The fourth-order valence-corrected chi connectivity index (χ4v) is 2.95. The predicted molar refractivity (Wildman–Crippen MR) is 80.1 cm³/mol. The number of nitrogens with zero attached hydrogens (tertiary/aromatic N) is 4. The van der Waals surface area contributed by atoms with E-state index in [1.54, 1.807) is 18.5 Å². The quantitative estimate of drug-likeness (QED) is 0.757. The number of hydrogen-bond donors (Lipinski definition) is 1. The molecule has 0 unspecified atom stereocenters. The van der Waals surface area contributed by atoms with Crippen LogP contribution >= 0.6 is 0 Å². The van der Waals surface area contributed by atoms with Crippen molar-refractivity contribution < 1.29 is 17.9 Å². The van der Waals surface area contributed by atoms with Gasteiger partial charge in [-0.1, -0.05) is 0 Å². The van der Waals surface area contributed by atoms with Crippen molar-refractivity contribution in [2.75, 3.05) is 6.61 Å². The molecule has 124 valence electrons. The van der Waals surface area contributed by atoms with Crippen LogP contribution in [-0.2, 0) is 28.3 Å². The van der Waals surface area contributed by atoms with Crippen molar-refractivity contribution in [3.8, 4) is 5.88 Å². The van der Waals surface area contributed by atoms with E-state index in [1.165, 1.54) is 24.7 Å². The van der Waals surface area contributed by atoms with Crippen LogP contribution in [-0.4, -0.2) is 40.7 Å². The largest absolute Gasteiger partial charge is 0.477 e. The van der Waals surface area contributed by atoms with Gasteiger partial charge in [0.05, 0.1) is 6.61 Å². The smallest absolute Gasteiger partial charge is 0.269 e. The summed E-state index contributed by atoms with van der Waals surface area (Å²) in [5, 5.41) is 7.53. The molecule has 2 aromatic heterocycles. The summed E-state index contributed by atoms with van der Waals surface area (Å²) < 4.78 is 33.4. The standard InChI is InChI=1S/C13H17N5O4S/c1-3-22-13-10(5-4-8-14-13)23(20,21)17-12(19)7-6-11-16-15-9-18(11)2/h4-5,8-9H,3,6-7H2,1-2H3,(H,17,19). The molecular formula is C13H17N5O4S. The van der Waals surface area contributed by atoms with E-state index >= 15 is 0 Å². The second kappa shape index (κ2) is 7.18. The Morgan fingerprint density at radius 1 is 1.43 bits per heavy atom. The monoisotopic (exact) mass is 339 g/mol. The molecule has 23 heavy (non-hydrogen) atoms. The van der Waals surface area contributed by atoms with Gasteiger partial charge in [0.2, 0.25) is 11.8 Å². The van der Waals surface area contributed by atoms with Gasteiger partial charge < -0.3 is 9.30 Å². The summed E-state index contributed by atoms with van der Waals surface area (Å²) in [5.41, 5.74) is 0. The molecule has 2 heterocycles. The zero-order valence-corrected chi connectivity index (χ0v) is 13.6. The van der Waals surface area contributed by atoms with Crippen molar-refractivity contribution in [3.05, 3.63) is 30.5 Å². The van der Waals surface area contributed by atoms with Crippen molar-refractivity contribution in [1.82, 2.24) is 24.5 Å². The average molecular weight is 339 g/mol. The van der Waals surface area contributed by atoms with Gasteiger partial charge in [0.15, 0.2) is 0 Å². The number of pyridine rings is 1. The molecule has 10 heteroatoms. The van der Waals surface area contributed by atoms with Crippen LogP contribution in [0.2, 0.25) is 0 Å². The van der Waals surface area contributed by atoms with E-state index in [-0.39, 0.29) is 30.2 Å². The third-order valence-electron chi connectivity index (χ3n) is 2.94. The number of nitrogens with one attached hydrogen (secondary N) is 1. The number of amides is 1. The first-order chi connectivity index (χ1) is 10.9. The maximum atomic E-state index is 12.3. The molecule has 0 saturated carbocycles. The Labute approximate surface area is 133 Å². The first-order valence-electron chi connectivity index (χ1n) is 6.90. The lowest BCUT2D eigenvalue weighted by atomic mass is 10.3. The summed E-state index contributed by atoms with van der Waals surface area (Å²) in [4.78, 5) is 15.6. The van der Waals surface area contributed by atoms with Gasteiger partial charge in [-0.2, -0.15) is 0 Å². The van der Waals surface area contributed by atoms with Gasteiger partial charge in [-0.3, -0.25) is 4.79 Å². The molecule has 1 N–H and O–H groups in total. The number of carbonyl (C=O) groups is 1. The number of aryl methyl sites for hydroxylation is 2. The SMILES string of the molecule is CCOc1ncccc1S(=O)(=O)NC(=O)CCc1nncn1C. The van der Waals surface area contributed by atoms with Gasteiger partial charge >= 0.3 is 0 Å². The molecule has 0 aromatic carbocycles. The minimum absolute atomic E-state index is 0.0318. The van der Waals surface area contributed by atoms with Crippen molar-refractivity contribution in [3.63, 3.8) is 0 Å². The van der Waals surface area contributed by atoms with Gasteiger partial charge in [0, 0.05) is 26.1 Å². The second-order valence-electron chi connectivity index (χ2n) is 4.63. The summed E-state index contributed by atoms with van der Waals surface area (Å²) in [7, 11) is -2.30. The molecule has 9 nitrogen and oxygen atoms in total. The maximum Gasteiger partial charge on any atom is 0.269 e. The minimum Gasteiger partial charge on any atom is -0.477 e. The summed E-state index contributed by atoms with van der Waals surface area (Å²) in [6, 6.07) is 2.79. The van der Waals surface area contributed by atoms with E-state index in [9.17, 15) is 13.2 Å². The van der Waals surface area contributed by atoms with Crippen LogP contribution in [0.25, 0.3) is 0 Å². The molecule has 0 fully saturated rings. The maximum absolute atomic E-state index is 12.3. The fourth-order valence-electron chi connectivity index (χ4n) is 1.84. The van der Waals surface area contributed by atoms with Gasteiger partial charge in [0.25, 0.3) is 10.0 Å². The Hall–Kier alpha value is -2.49. The van der Waals surface area contributed by atoms with Crippen LogP contribution in [0, 0.1) is 0 Å². The number of hydrogen-bond acceptors (Lipinski definition) is 7. The van der Waals surface area contributed by atoms with Crippen LogP contribution in [0.15, 0.2) is 29.6 Å². The number of rotatable bonds is 7. The summed E-state index contributed by atoms with van der Waals surface area (Å²) >= 11 is 0. The fraction of sp³-hybridized carbons (Fsp3) is 0.385. The molecule has 0 saturated heterocycles. The van der Waals surface area contributed by atoms with Crippen LogP contribution < -0.4 is 9.46 Å². The lowest BCUT2D eigenvalue weighted by Crippen LogP contribution is -2.31. The Balaban J connectivity index is 2.06. The normalized spacial score (nSPS) is 11.2. The van der Waals surface area contributed by atoms with Gasteiger partial charge in [0.1, 0.15) is 17.0 Å². The molecule has 2 aromatic rings. The van der Waals surface area contributed by atoms with Gasteiger partial charge in [-0.25, -0.2) is 18.1 Å². The van der Waals surface area contributed by atoms with E-state index < -0.39 is 15.9 Å². The Bertz CT molecular complexity index is 787. The van der Waals surface area contributed by atoms with Crippen molar-refractivity contribution in [2.45, 2.75) is 24.7 Å². The average Bonchev–Trinajstić information content (AvgIpc) is 2.91. The summed E-state index contributed by atoms with van der Waals surface area (Å²) in [6.45, 7) is 1.98. The third kappa shape index (κ3) is 4.25. The zero-order valence-electron chi connectivity index (χ0n) is 12.8. The first-order valence-corrected chi connectivity index (χ1v) is 8.38. The lowest BCUT2D eigenvalue weighted by molar-refractivity contribution is -0.119. The highest BCUT2D eigenvalue weighted by molar-refractivity contribution is 7.90. The highest BCUT2D eigenvalue weighted by Crippen LogP contribution is 2.20. The summed E-state index contributed by atoms with van der Waals surface area (Å²) in [6.07, 6.45) is 3.17. The highest BCUT2D eigenvalue weighted by Gasteiger charge is 2.23. The van der Waals surface area contributed by atoms with Crippen LogP contribution in [0.3, 0.4) is 0 Å². The molecule has 1 amide bonds. The van der Waals surface area contributed by atoms with Crippen LogP contribution in [0.1, 0.15) is 19.2 Å². The van der Waals surface area contributed by atoms with Crippen LogP contribution in [0.4, 0.5) is 0 Å². The number of aromatic nitrogens is 4. The van der Waals surface area contributed by atoms with E-state index in [4.69, 9.17) is 4.74 Å². The molecule has 0 bridgehead atoms. The zero-order chi connectivity index (χ0) is 16.9. The molecule has 0 aliphatic rings. The second-order valence-corrected chi connectivity index (χ2v) is 6.28. The topological polar surface area (TPSA) is 116 Å². The lowest BCUT2D eigenvalue weighted by Gasteiger charge is -2.10. The molecule has 2 rings (SSSR count). The number of carbonyl (C=O) groups excluding carboxylic acids is 1.